The molecule has 1 atom stereocenters. The summed E-state index contributed by atoms with van der Waals surface area (Å²) in [6, 6.07) is 0.0779. The van der Waals surface area contributed by atoms with Crippen molar-refractivity contribution in [2.75, 3.05) is 33.3 Å². The highest BCUT2D eigenvalue weighted by Crippen LogP contribution is 2.13. The molecular formula is C12H23N3O3. The molecule has 0 saturated carbocycles. The van der Waals surface area contributed by atoms with Crippen LogP contribution in [-0.4, -0.2) is 56.2 Å². The highest BCUT2D eigenvalue weighted by Gasteiger charge is 2.19. The number of amides is 2. The number of carbonyl (C=O) groups is 2. The zero-order valence-corrected chi connectivity index (χ0v) is 11.2. The van der Waals surface area contributed by atoms with Crippen molar-refractivity contribution < 1.29 is 14.3 Å². The van der Waals surface area contributed by atoms with Gasteiger partial charge in [0.05, 0.1) is 6.61 Å². The standard InChI is InChI=1S/C12H23N3O3/c1-3-18-11(16)9-14-12(17)13-8-10-6-4-5-7-15(10)2/h10H,3-9H2,1-2H3,(H2,13,14,17). The highest BCUT2D eigenvalue weighted by molar-refractivity contribution is 5.80. The predicted octanol–water partition coefficient (Wildman–Crippen LogP) is 0.333. The number of nitrogens with zero attached hydrogens (tertiary/aromatic N) is 1. The van der Waals surface area contributed by atoms with Crippen molar-refractivity contribution >= 4 is 12.0 Å². The number of ether oxygens (including phenoxy) is 1. The third-order valence-electron chi connectivity index (χ3n) is 3.12. The molecule has 1 aliphatic rings. The molecule has 1 fully saturated rings. The van der Waals surface area contributed by atoms with Gasteiger partial charge in [-0.1, -0.05) is 6.42 Å². The van der Waals surface area contributed by atoms with Crippen LogP contribution in [0.25, 0.3) is 0 Å². The maximum Gasteiger partial charge on any atom is 0.325 e. The fraction of sp³-hybridized carbons (Fsp3) is 0.833. The normalized spacial score (nSPS) is 20.2. The van der Waals surface area contributed by atoms with Crippen LogP contribution in [0.4, 0.5) is 4.79 Å². The van der Waals surface area contributed by atoms with E-state index in [1.54, 1.807) is 6.92 Å². The average molecular weight is 257 g/mol. The zero-order chi connectivity index (χ0) is 13.4. The van der Waals surface area contributed by atoms with Gasteiger partial charge in [0.1, 0.15) is 6.54 Å². The Labute approximate surface area is 108 Å². The lowest BCUT2D eigenvalue weighted by Gasteiger charge is -2.32. The summed E-state index contributed by atoms with van der Waals surface area (Å²) < 4.78 is 4.71. The first-order valence-electron chi connectivity index (χ1n) is 6.51. The number of rotatable bonds is 5. The van der Waals surface area contributed by atoms with Gasteiger partial charge in [0.15, 0.2) is 0 Å². The molecule has 0 bridgehead atoms. The number of piperidine rings is 1. The molecule has 2 amide bonds. The van der Waals surface area contributed by atoms with Crippen LogP contribution in [0.15, 0.2) is 0 Å². The van der Waals surface area contributed by atoms with Gasteiger partial charge in [-0.15, -0.1) is 0 Å². The molecule has 104 valence electrons. The molecule has 6 heteroatoms. The molecule has 0 aliphatic carbocycles. The molecule has 0 aromatic heterocycles. The molecule has 0 aromatic carbocycles. The second-order valence-electron chi connectivity index (χ2n) is 4.50. The van der Waals surface area contributed by atoms with Gasteiger partial charge in [0.2, 0.25) is 0 Å². The highest BCUT2D eigenvalue weighted by atomic mass is 16.5. The number of likely N-dealkylation sites (N-methyl/N-ethyl adjacent to an activating group) is 1. The number of hydrogen-bond acceptors (Lipinski definition) is 4. The van der Waals surface area contributed by atoms with E-state index in [1.807, 2.05) is 0 Å². The molecule has 0 aromatic rings. The van der Waals surface area contributed by atoms with Crippen LogP contribution < -0.4 is 10.6 Å². The second kappa shape index (κ2) is 7.92. The van der Waals surface area contributed by atoms with Gasteiger partial charge in [0.25, 0.3) is 0 Å². The van der Waals surface area contributed by atoms with Crippen LogP contribution in [0.3, 0.4) is 0 Å². The molecule has 1 rings (SSSR count). The minimum absolute atomic E-state index is 0.0832. The van der Waals surface area contributed by atoms with Crippen LogP contribution in [0.5, 0.6) is 0 Å². The summed E-state index contributed by atoms with van der Waals surface area (Å²) >= 11 is 0. The third-order valence-corrected chi connectivity index (χ3v) is 3.12. The first-order valence-corrected chi connectivity index (χ1v) is 6.51. The zero-order valence-electron chi connectivity index (χ0n) is 11.2. The lowest BCUT2D eigenvalue weighted by atomic mass is 10.0. The average Bonchev–Trinajstić information content (AvgIpc) is 2.36. The summed E-state index contributed by atoms with van der Waals surface area (Å²) in [6.45, 7) is 3.67. The minimum atomic E-state index is -0.414. The van der Waals surface area contributed by atoms with Crippen molar-refractivity contribution in [2.45, 2.75) is 32.2 Å². The number of likely N-dealkylation sites (tertiary alicyclic amines) is 1. The topological polar surface area (TPSA) is 70.7 Å². The van der Waals surface area contributed by atoms with E-state index < -0.39 is 5.97 Å². The molecule has 0 radical (unpaired) electrons. The fourth-order valence-electron chi connectivity index (χ4n) is 2.04. The third kappa shape index (κ3) is 5.35. The number of carbonyl (C=O) groups excluding carboxylic acids is 2. The summed E-state index contributed by atoms with van der Waals surface area (Å²) in [6.07, 6.45) is 3.54. The number of nitrogens with one attached hydrogen (secondary N) is 2. The summed E-state index contributed by atoms with van der Waals surface area (Å²) in [5.74, 6) is -0.414. The lowest BCUT2D eigenvalue weighted by molar-refractivity contribution is -0.141. The van der Waals surface area contributed by atoms with Crippen molar-refractivity contribution in [1.82, 2.24) is 15.5 Å². The van der Waals surface area contributed by atoms with E-state index in [2.05, 4.69) is 22.6 Å². The van der Waals surface area contributed by atoms with Crippen molar-refractivity contribution in [3.8, 4) is 0 Å². The van der Waals surface area contributed by atoms with E-state index in [1.165, 1.54) is 12.8 Å². The van der Waals surface area contributed by atoms with E-state index in [9.17, 15) is 9.59 Å². The Bertz CT molecular complexity index is 284. The maximum atomic E-state index is 11.5. The van der Waals surface area contributed by atoms with Gasteiger partial charge in [-0.05, 0) is 33.4 Å². The van der Waals surface area contributed by atoms with Crippen LogP contribution in [0.1, 0.15) is 26.2 Å². The first-order chi connectivity index (χ1) is 8.63. The van der Waals surface area contributed by atoms with E-state index in [4.69, 9.17) is 4.74 Å². The van der Waals surface area contributed by atoms with Crippen molar-refractivity contribution in [3.63, 3.8) is 0 Å². The van der Waals surface area contributed by atoms with E-state index in [-0.39, 0.29) is 12.6 Å². The van der Waals surface area contributed by atoms with Crippen LogP contribution in [0, 0.1) is 0 Å². The largest absolute Gasteiger partial charge is 0.465 e. The fourth-order valence-corrected chi connectivity index (χ4v) is 2.04. The summed E-state index contributed by atoms with van der Waals surface area (Å²) in [7, 11) is 2.07. The molecule has 6 nitrogen and oxygen atoms in total. The molecule has 18 heavy (non-hydrogen) atoms. The summed E-state index contributed by atoms with van der Waals surface area (Å²) in [5, 5.41) is 5.26. The Balaban J connectivity index is 2.14. The Morgan fingerprint density at radius 2 is 2.11 bits per heavy atom. The van der Waals surface area contributed by atoms with Gasteiger partial charge in [-0.25, -0.2) is 4.79 Å². The van der Waals surface area contributed by atoms with Crippen LogP contribution in [-0.2, 0) is 9.53 Å². The molecule has 1 aliphatic heterocycles. The van der Waals surface area contributed by atoms with Crippen LogP contribution >= 0.6 is 0 Å². The van der Waals surface area contributed by atoms with Crippen molar-refractivity contribution in [3.05, 3.63) is 0 Å². The Morgan fingerprint density at radius 3 is 2.78 bits per heavy atom. The number of esters is 1. The van der Waals surface area contributed by atoms with Gasteiger partial charge in [-0.3, -0.25) is 4.79 Å². The van der Waals surface area contributed by atoms with Crippen molar-refractivity contribution in [2.24, 2.45) is 0 Å². The van der Waals surface area contributed by atoms with Crippen LogP contribution in [0.2, 0.25) is 0 Å². The predicted molar refractivity (Wildman–Crippen MR) is 68.3 cm³/mol. The summed E-state index contributed by atoms with van der Waals surface area (Å²) in [5.41, 5.74) is 0. The molecular weight excluding hydrogens is 234 g/mol. The maximum absolute atomic E-state index is 11.5. The quantitative estimate of drug-likeness (QED) is 0.696. The molecule has 1 heterocycles. The SMILES string of the molecule is CCOC(=O)CNC(=O)NCC1CCCCN1C. The second-order valence-corrected chi connectivity index (χ2v) is 4.50. The van der Waals surface area contributed by atoms with E-state index >= 15 is 0 Å². The smallest absolute Gasteiger partial charge is 0.325 e. The minimum Gasteiger partial charge on any atom is -0.465 e. The first kappa shape index (κ1) is 14.8. The molecule has 2 N–H and O–H groups in total. The van der Waals surface area contributed by atoms with E-state index in [0.29, 0.717) is 19.2 Å². The van der Waals surface area contributed by atoms with Crippen molar-refractivity contribution in [1.29, 1.82) is 0 Å². The van der Waals surface area contributed by atoms with E-state index in [0.717, 1.165) is 13.0 Å². The number of hydrogen-bond donors (Lipinski definition) is 2. The van der Waals surface area contributed by atoms with Gasteiger partial charge >= 0.3 is 12.0 Å². The Kier molecular flexibility index (Phi) is 6.49. The van der Waals surface area contributed by atoms with Gasteiger partial charge in [0, 0.05) is 12.6 Å². The van der Waals surface area contributed by atoms with Gasteiger partial charge in [-0.2, -0.15) is 0 Å². The molecule has 1 unspecified atom stereocenters. The monoisotopic (exact) mass is 257 g/mol. The summed E-state index contributed by atoms with van der Waals surface area (Å²) in [4.78, 5) is 24.7. The molecule has 0 spiro atoms. The Hall–Kier alpha value is -1.30. The molecule has 1 saturated heterocycles. The Morgan fingerprint density at radius 1 is 1.33 bits per heavy atom. The van der Waals surface area contributed by atoms with Gasteiger partial charge < -0.3 is 20.3 Å². The number of urea groups is 1. The lowest BCUT2D eigenvalue weighted by Crippen LogP contribution is -2.47.